The molecule has 4 rings (SSSR count). The molecule has 0 saturated heterocycles. The number of anilines is 1. The molecule has 0 bridgehead atoms. The van der Waals surface area contributed by atoms with Gasteiger partial charge in [0.25, 0.3) is 0 Å². The van der Waals surface area contributed by atoms with Crippen LogP contribution in [0.4, 0.5) is 5.69 Å². The Labute approximate surface area is 119 Å². The predicted molar refractivity (Wildman–Crippen MR) is 78.8 cm³/mol. The van der Waals surface area contributed by atoms with Gasteiger partial charge in [-0.15, -0.1) is 11.3 Å². The van der Waals surface area contributed by atoms with Gasteiger partial charge in [-0.3, -0.25) is 0 Å². The first kappa shape index (κ1) is 11.3. The summed E-state index contributed by atoms with van der Waals surface area (Å²) in [5.41, 5.74) is 9.18. The number of nitrogens with two attached hydrogens (primary N) is 1. The SMILES string of the molecule is Nc1cc2oc(-c3cc4c(s3)CCC4)nc2cc1Cl. The third-order valence-corrected chi connectivity index (χ3v) is 5.02. The summed E-state index contributed by atoms with van der Waals surface area (Å²) in [5.74, 6) is 0.663. The third kappa shape index (κ3) is 1.75. The second-order valence-corrected chi connectivity index (χ2v) is 6.32. The summed E-state index contributed by atoms with van der Waals surface area (Å²) >= 11 is 7.78. The van der Waals surface area contributed by atoms with Crippen LogP contribution in [0, 0.1) is 0 Å². The zero-order valence-electron chi connectivity index (χ0n) is 10.1. The van der Waals surface area contributed by atoms with Crippen LogP contribution in [0.2, 0.25) is 5.02 Å². The lowest BCUT2D eigenvalue weighted by Gasteiger charge is -1.94. The first-order valence-electron chi connectivity index (χ1n) is 6.18. The van der Waals surface area contributed by atoms with Crippen molar-refractivity contribution in [2.75, 3.05) is 5.73 Å². The molecule has 5 heteroatoms. The highest BCUT2D eigenvalue weighted by atomic mass is 35.5. The number of nitrogens with zero attached hydrogens (tertiary/aromatic N) is 1. The smallest absolute Gasteiger partial charge is 0.237 e. The molecule has 0 atom stereocenters. The lowest BCUT2D eigenvalue weighted by atomic mass is 10.2. The van der Waals surface area contributed by atoms with Gasteiger partial charge in [-0.05, 0) is 37.0 Å². The molecule has 0 radical (unpaired) electrons. The van der Waals surface area contributed by atoms with Crippen LogP contribution in [0.5, 0.6) is 0 Å². The largest absolute Gasteiger partial charge is 0.435 e. The van der Waals surface area contributed by atoms with Gasteiger partial charge >= 0.3 is 0 Å². The molecule has 1 aromatic carbocycles. The summed E-state index contributed by atoms with van der Waals surface area (Å²) in [7, 11) is 0. The fourth-order valence-electron chi connectivity index (χ4n) is 2.50. The molecular weight excluding hydrogens is 280 g/mol. The number of aromatic nitrogens is 1. The number of fused-ring (bicyclic) bond motifs is 2. The Hall–Kier alpha value is -1.52. The topological polar surface area (TPSA) is 52.0 Å². The van der Waals surface area contributed by atoms with Gasteiger partial charge in [-0.1, -0.05) is 11.6 Å². The van der Waals surface area contributed by atoms with E-state index in [2.05, 4.69) is 11.1 Å². The first-order valence-corrected chi connectivity index (χ1v) is 7.37. The molecule has 2 aromatic heterocycles. The number of thiophene rings is 1. The van der Waals surface area contributed by atoms with Crippen molar-refractivity contribution in [2.24, 2.45) is 0 Å². The van der Waals surface area contributed by atoms with Crippen molar-refractivity contribution in [2.45, 2.75) is 19.3 Å². The Bertz CT molecular complexity index is 730. The molecule has 0 amide bonds. The highest BCUT2D eigenvalue weighted by molar-refractivity contribution is 7.15. The van der Waals surface area contributed by atoms with Crippen LogP contribution in [0.1, 0.15) is 16.9 Å². The van der Waals surface area contributed by atoms with Gasteiger partial charge in [0.15, 0.2) is 5.58 Å². The van der Waals surface area contributed by atoms with Crippen LogP contribution in [-0.4, -0.2) is 4.98 Å². The number of hydrogen-bond donors (Lipinski definition) is 1. The van der Waals surface area contributed by atoms with E-state index < -0.39 is 0 Å². The summed E-state index contributed by atoms with van der Waals surface area (Å²) in [4.78, 5) is 7.06. The second kappa shape index (κ2) is 3.99. The van der Waals surface area contributed by atoms with E-state index in [0.29, 0.717) is 22.2 Å². The van der Waals surface area contributed by atoms with Crippen molar-refractivity contribution in [1.29, 1.82) is 0 Å². The second-order valence-electron chi connectivity index (χ2n) is 4.77. The van der Waals surface area contributed by atoms with Crippen LogP contribution in [0.15, 0.2) is 22.6 Å². The Morgan fingerprint density at radius 1 is 1.26 bits per heavy atom. The van der Waals surface area contributed by atoms with Crippen molar-refractivity contribution >= 4 is 39.7 Å². The van der Waals surface area contributed by atoms with Gasteiger partial charge < -0.3 is 10.2 Å². The molecule has 0 fully saturated rings. The van der Waals surface area contributed by atoms with E-state index in [4.69, 9.17) is 21.8 Å². The number of rotatable bonds is 1. The van der Waals surface area contributed by atoms with E-state index in [1.54, 1.807) is 23.5 Å². The van der Waals surface area contributed by atoms with Crippen molar-refractivity contribution in [3.8, 4) is 10.8 Å². The zero-order chi connectivity index (χ0) is 13.0. The van der Waals surface area contributed by atoms with E-state index in [9.17, 15) is 0 Å². The molecule has 3 nitrogen and oxygen atoms in total. The first-order chi connectivity index (χ1) is 9.20. The third-order valence-electron chi connectivity index (χ3n) is 3.46. The van der Waals surface area contributed by atoms with Gasteiger partial charge in [0.1, 0.15) is 5.52 Å². The molecule has 0 saturated carbocycles. The van der Waals surface area contributed by atoms with Gasteiger partial charge in [0.05, 0.1) is 15.6 Å². The minimum absolute atomic E-state index is 0.515. The number of aryl methyl sites for hydroxylation is 2. The number of benzene rings is 1. The number of nitrogen functional groups attached to an aromatic ring is 1. The molecule has 2 N–H and O–H groups in total. The van der Waals surface area contributed by atoms with Crippen LogP contribution in [0.3, 0.4) is 0 Å². The van der Waals surface area contributed by atoms with Crippen molar-refractivity contribution in [3.05, 3.63) is 33.7 Å². The Morgan fingerprint density at radius 2 is 2.16 bits per heavy atom. The normalized spacial score (nSPS) is 14.2. The maximum Gasteiger partial charge on any atom is 0.237 e. The summed E-state index contributed by atoms with van der Waals surface area (Å²) in [6.45, 7) is 0. The minimum Gasteiger partial charge on any atom is -0.435 e. The highest BCUT2D eigenvalue weighted by Gasteiger charge is 2.18. The van der Waals surface area contributed by atoms with E-state index in [0.717, 1.165) is 10.4 Å². The molecule has 1 aliphatic rings. The quantitative estimate of drug-likeness (QED) is 0.681. The number of halogens is 1. The predicted octanol–water partition coefficient (Wildman–Crippen LogP) is 4.28. The maximum atomic E-state index is 6.00. The summed E-state index contributed by atoms with van der Waals surface area (Å²) < 4.78 is 5.79. The van der Waals surface area contributed by atoms with Crippen LogP contribution < -0.4 is 5.73 Å². The number of hydrogen-bond acceptors (Lipinski definition) is 4. The molecule has 0 spiro atoms. The van der Waals surface area contributed by atoms with Gasteiger partial charge in [-0.2, -0.15) is 0 Å². The van der Waals surface area contributed by atoms with E-state index >= 15 is 0 Å². The molecule has 0 aliphatic heterocycles. The van der Waals surface area contributed by atoms with E-state index in [-0.39, 0.29) is 0 Å². The summed E-state index contributed by atoms with van der Waals surface area (Å²) in [5, 5.41) is 0.515. The lowest BCUT2D eigenvalue weighted by Crippen LogP contribution is -1.84. The number of oxazole rings is 1. The average Bonchev–Trinajstić information content (AvgIpc) is 3.01. The molecule has 2 heterocycles. The highest BCUT2D eigenvalue weighted by Crippen LogP contribution is 2.38. The fraction of sp³-hybridized carbons (Fsp3) is 0.214. The molecule has 19 heavy (non-hydrogen) atoms. The van der Waals surface area contributed by atoms with E-state index in [1.165, 1.54) is 29.7 Å². The molecule has 3 aromatic rings. The molecule has 1 aliphatic carbocycles. The monoisotopic (exact) mass is 290 g/mol. The van der Waals surface area contributed by atoms with Crippen LogP contribution in [0.25, 0.3) is 21.9 Å². The molecule has 0 unspecified atom stereocenters. The van der Waals surface area contributed by atoms with Crippen molar-refractivity contribution in [1.82, 2.24) is 4.98 Å². The Kier molecular flexibility index (Phi) is 2.37. The van der Waals surface area contributed by atoms with Gasteiger partial charge in [-0.25, -0.2) is 4.98 Å². The average molecular weight is 291 g/mol. The van der Waals surface area contributed by atoms with Crippen molar-refractivity contribution in [3.63, 3.8) is 0 Å². The lowest BCUT2D eigenvalue weighted by molar-refractivity contribution is 0.622. The van der Waals surface area contributed by atoms with Gasteiger partial charge in [0.2, 0.25) is 5.89 Å². The van der Waals surface area contributed by atoms with Crippen molar-refractivity contribution < 1.29 is 4.42 Å². The Balaban J connectivity index is 1.86. The summed E-state index contributed by atoms with van der Waals surface area (Å²) in [6.07, 6.45) is 3.62. The zero-order valence-corrected chi connectivity index (χ0v) is 11.6. The fourth-order valence-corrected chi connectivity index (χ4v) is 3.84. The maximum absolute atomic E-state index is 6.00. The van der Waals surface area contributed by atoms with Crippen LogP contribution in [-0.2, 0) is 12.8 Å². The standard InChI is InChI=1S/C14H11ClN2OS/c15-8-5-10-11(6-9(8)16)18-14(17-10)13-4-7-2-1-3-12(7)19-13/h4-6H,1-3,16H2. The van der Waals surface area contributed by atoms with Crippen LogP contribution >= 0.6 is 22.9 Å². The van der Waals surface area contributed by atoms with Gasteiger partial charge in [0, 0.05) is 10.9 Å². The summed E-state index contributed by atoms with van der Waals surface area (Å²) in [6, 6.07) is 5.68. The minimum atomic E-state index is 0.515. The van der Waals surface area contributed by atoms with E-state index in [1.807, 2.05) is 0 Å². The molecular formula is C14H11ClN2OS. The molecule has 96 valence electrons. The Morgan fingerprint density at radius 3 is 3.00 bits per heavy atom.